The summed E-state index contributed by atoms with van der Waals surface area (Å²) in [6, 6.07) is 16.4. The molecule has 0 atom stereocenters. The van der Waals surface area contributed by atoms with Crippen molar-refractivity contribution in [3.05, 3.63) is 71.4 Å². The molecule has 9 heteroatoms. The summed E-state index contributed by atoms with van der Waals surface area (Å²) >= 11 is 0. The first-order valence-corrected chi connectivity index (χ1v) is 11.4. The molecule has 158 valence electrons. The molecule has 0 bridgehead atoms. The Hall–Kier alpha value is -3.30. The van der Waals surface area contributed by atoms with E-state index in [1.54, 1.807) is 28.9 Å². The van der Waals surface area contributed by atoms with Crippen LogP contribution >= 0.6 is 0 Å². The van der Waals surface area contributed by atoms with Crippen molar-refractivity contribution < 1.29 is 12.8 Å². The number of benzene rings is 2. The maximum absolute atomic E-state index is 13.2. The Kier molecular flexibility index (Phi) is 4.71. The topological polar surface area (TPSA) is 94.1 Å². The second-order valence-corrected chi connectivity index (χ2v) is 9.52. The molecule has 31 heavy (non-hydrogen) atoms. The number of hydrogen-bond acceptors (Lipinski definition) is 6. The van der Waals surface area contributed by atoms with Gasteiger partial charge in [-0.3, -0.25) is 4.68 Å². The highest BCUT2D eigenvalue weighted by Gasteiger charge is 2.33. The number of fused-ring (bicyclic) bond motifs is 1. The summed E-state index contributed by atoms with van der Waals surface area (Å²) in [5.41, 5.74) is 4.13. The lowest BCUT2D eigenvalue weighted by Crippen LogP contribution is -2.36. The zero-order chi connectivity index (χ0) is 21.6. The van der Waals surface area contributed by atoms with Gasteiger partial charge in [-0.1, -0.05) is 35.9 Å². The van der Waals surface area contributed by atoms with Crippen LogP contribution in [-0.4, -0.2) is 39.2 Å². The van der Waals surface area contributed by atoms with Crippen LogP contribution in [0.4, 0.5) is 0 Å². The first kappa shape index (κ1) is 19.7. The molecule has 3 heterocycles. The smallest absolute Gasteiger partial charge is 0.268 e. The van der Waals surface area contributed by atoms with E-state index >= 15 is 0 Å². The third kappa shape index (κ3) is 3.45. The lowest BCUT2D eigenvalue weighted by atomic mass is 10.1. The second kappa shape index (κ2) is 7.44. The van der Waals surface area contributed by atoms with Gasteiger partial charge in [-0.15, -0.1) is 10.2 Å². The Balaban J connectivity index is 1.50. The number of sulfonamides is 1. The van der Waals surface area contributed by atoms with Crippen LogP contribution in [0.2, 0.25) is 0 Å². The summed E-state index contributed by atoms with van der Waals surface area (Å²) < 4.78 is 35.5. The van der Waals surface area contributed by atoms with E-state index in [-0.39, 0.29) is 17.3 Å². The van der Waals surface area contributed by atoms with Crippen LogP contribution in [0.1, 0.15) is 16.8 Å². The van der Waals surface area contributed by atoms with Gasteiger partial charge in [-0.2, -0.15) is 9.40 Å². The van der Waals surface area contributed by atoms with Crippen LogP contribution in [0.5, 0.6) is 0 Å². The molecular formula is C22H21N5O3S. The van der Waals surface area contributed by atoms with Gasteiger partial charge in [0.25, 0.3) is 5.89 Å². The molecule has 0 fully saturated rings. The molecule has 8 nitrogen and oxygen atoms in total. The fourth-order valence-corrected chi connectivity index (χ4v) is 5.23. The van der Waals surface area contributed by atoms with Gasteiger partial charge in [0.05, 0.1) is 4.90 Å². The third-order valence-corrected chi connectivity index (χ3v) is 7.37. The summed E-state index contributed by atoms with van der Waals surface area (Å²) in [5.74, 6) is 0.681. The standard InChI is InChI=1S/C22H21N5O3S/c1-15-8-10-17(11-9-15)31(28,29)27-13-12-19-18(14-27)20(25-26(19)2)22-24-23-21(30-22)16-6-4-3-5-7-16/h3-11H,12-14H2,1-2H3. The number of aryl methyl sites for hydroxylation is 2. The Morgan fingerprint density at radius 3 is 2.42 bits per heavy atom. The van der Waals surface area contributed by atoms with Crippen molar-refractivity contribution >= 4 is 10.0 Å². The summed E-state index contributed by atoms with van der Waals surface area (Å²) in [5, 5.41) is 12.9. The molecule has 2 aromatic heterocycles. The second-order valence-electron chi connectivity index (χ2n) is 7.58. The molecule has 0 radical (unpaired) electrons. The van der Waals surface area contributed by atoms with Crippen molar-refractivity contribution in [3.63, 3.8) is 0 Å². The van der Waals surface area contributed by atoms with Crippen LogP contribution in [-0.2, 0) is 30.0 Å². The molecule has 5 rings (SSSR count). The summed E-state index contributed by atoms with van der Waals surface area (Å²) in [4.78, 5) is 0.288. The predicted octanol–water partition coefficient (Wildman–Crippen LogP) is 3.19. The van der Waals surface area contributed by atoms with E-state index in [4.69, 9.17) is 4.42 Å². The Morgan fingerprint density at radius 2 is 1.68 bits per heavy atom. The number of nitrogens with zero attached hydrogens (tertiary/aromatic N) is 5. The van der Waals surface area contributed by atoms with E-state index in [1.165, 1.54) is 4.31 Å². The van der Waals surface area contributed by atoms with Crippen LogP contribution in [0.3, 0.4) is 0 Å². The van der Waals surface area contributed by atoms with Gasteiger partial charge < -0.3 is 4.42 Å². The number of hydrogen-bond donors (Lipinski definition) is 0. The molecule has 2 aromatic carbocycles. The predicted molar refractivity (Wildman–Crippen MR) is 114 cm³/mol. The zero-order valence-corrected chi connectivity index (χ0v) is 18.0. The first-order chi connectivity index (χ1) is 14.9. The minimum atomic E-state index is -3.62. The molecule has 1 aliphatic rings. The lowest BCUT2D eigenvalue weighted by Gasteiger charge is -2.26. The average molecular weight is 436 g/mol. The highest BCUT2D eigenvalue weighted by atomic mass is 32.2. The SMILES string of the molecule is Cc1ccc(S(=O)(=O)N2CCc3c(c(-c4nnc(-c5ccccc5)o4)nn3C)C2)cc1. The van der Waals surface area contributed by atoms with Crippen molar-refractivity contribution in [2.75, 3.05) is 6.54 Å². The molecule has 1 aliphatic heterocycles. The van der Waals surface area contributed by atoms with E-state index in [0.29, 0.717) is 24.6 Å². The van der Waals surface area contributed by atoms with E-state index < -0.39 is 10.0 Å². The van der Waals surface area contributed by atoms with Crippen LogP contribution in [0.25, 0.3) is 23.0 Å². The van der Waals surface area contributed by atoms with Crippen molar-refractivity contribution in [1.82, 2.24) is 24.3 Å². The van der Waals surface area contributed by atoms with E-state index in [0.717, 1.165) is 22.4 Å². The van der Waals surface area contributed by atoms with Crippen molar-refractivity contribution in [2.45, 2.75) is 24.8 Å². The minimum absolute atomic E-state index is 0.206. The van der Waals surface area contributed by atoms with E-state index in [2.05, 4.69) is 15.3 Å². The summed E-state index contributed by atoms with van der Waals surface area (Å²) in [6.07, 6.45) is 0.559. The molecule has 0 N–H and O–H groups in total. The highest BCUT2D eigenvalue weighted by Crippen LogP contribution is 2.32. The average Bonchev–Trinajstić information content (AvgIpc) is 3.39. The van der Waals surface area contributed by atoms with Crippen LogP contribution in [0, 0.1) is 6.92 Å². The Labute approximate surface area is 180 Å². The van der Waals surface area contributed by atoms with Gasteiger partial charge in [0.1, 0.15) is 0 Å². The van der Waals surface area contributed by atoms with Crippen LogP contribution < -0.4 is 0 Å². The molecular weight excluding hydrogens is 414 g/mol. The van der Waals surface area contributed by atoms with Crippen molar-refractivity contribution in [3.8, 4) is 23.0 Å². The van der Waals surface area contributed by atoms with Gasteiger partial charge in [0, 0.05) is 43.4 Å². The fourth-order valence-electron chi connectivity index (χ4n) is 3.82. The third-order valence-electron chi connectivity index (χ3n) is 5.51. The molecule has 0 aliphatic carbocycles. The molecule has 0 saturated carbocycles. The quantitative estimate of drug-likeness (QED) is 0.489. The Bertz CT molecular complexity index is 1340. The van der Waals surface area contributed by atoms with Crippen molar-refractivity contribution in [2.24, 2.45) is 7.05 Å². The number of rotatable bonds is 4. The van der Waals surface area contributed by atoms with Gasteiger partial charge in [0.15, 0.2) is 5.69 Å². The van der Waals surface area contributed by atoms with Gasteiger partial charge >= 0.3 is 0 Å². The normalized spacial score (nSPS) is 14.5. The maximum Gasteiger partial charge on any atom is 0.268 e. The van der Waals surface area contributed by atoms with Gasteiger partial charge in [-0.25, -0.2) is 8.42 Å². The largest absolute Gasteiger partial charge is 0.415 e. The highest BCUT2D eigenvalue weighted by molar-refractivity contribution is 7.89. The molecule has 0 amide bonds. The van der Waals surface area contributed by atoms with Crippen molar-refractivity contribution in [1.29, 1.82) is 0 Å². The fraction of sp³-hybridized carbons (Fsp3) is 0.227. The monoisotopic (exact) mass is 435 g/mol. The van der Waals surface area contributed by atoms with Gasteiger partial charge in [0.2, 0.25) is 15.9 Å². The van der Waals surface area contributed by atoms with E-state index in [1.807, 2.05) is 44.3 Å². The molecule has 4 aromatic rings. The maximum atomic E-state index is 13.2. The molecule has 0 unspecified atom stereocenters. The summed E-state index contributed by atoms with van der Waals surface area (Å²) in [6.45, 7) is 2.53. The minimum Gasteiger partial charge on any atom is -0.415 e. The van der Waals surface area contributed by atoms with Crippen LogP contribution in [0.15, 0.2) is 63.9 Å². The Morgan fingerprint density at radius 1 is 0.968 bits per heavy atom. The van der Waals surface area contributed by atoms with E-state index in [9.17, 15) is 8.42 Å². The zero-order valence-electron chi connectivity index (χ0n) is 17.2. The summed E-state index contributed by atoms with van der Waals surface area (Å²) in [7, 11) is -1.77. The lowest BCUT2D eigenvalue weighted by molar-refractivity contribution is 0.386. The number of aromatic nitrogens is 4. The molecule has 0 saturated heterocycles. The first-order valence-electron chi connectivity index (χ1n) is 9.94. The molecule has 0 spiro atoms. The van der Waals surface area contributed by atoms with Gasteiger partial charge in [-0.05, 0) is 31.2 Å².